The quantitative estimate of drug-likeness (QED) is 0.655. The lowest BCUT2D eigenvalue weighted by Crippen LogP contribution is -2.45. The number of rotatable bonds is 4. The highest BCUT2D eigenvalue weighted by Crippen LogP contribution is 2.33. The van der Waals surface area contributed by atoms with Gasteiger partial charge >= 0.3 is 6.18 Å². The molecule has 0 aliphatic carbocycles. The Morgan fingerprint density at radius 3 is 2.27 bits per heavy atom. The van der Waals surface area contributed by atoms with Gasteiger partial charge in [0.15, 0.2) is 0 Å². The minimum atomic E-state index is -4.09. The lowest BCUT2D eigenvalue weighted by atomic mass is 9.99. The molecule has 2 rings (SSSR count). The second-order valence-electron chi connectivity index (χ2n) is 4.98. The molecule has 0 aromatic heterocycles. The lowest BCUT2D eigenvalue weighted by Gasteiger charge is -2.36. The second kappa shape index (κ2) is 10.2. The fraction of sp³-hybridized carbons (Fsp3) is 0.571. The standard InChI is InChI=1S/C14H18F3IN2.2ClH/c15-14(16,17)6-5-13(20-9-7-19-8-10-20)11-3-1-2-4-12(11)18;;/h1-4,13,19H,5-10H2;2*1H/t13-;;/m1../s1. The number of alkyl halides is 3. The first-order valence-electron chi connectivity index (χ1n) is 6.73. The molecule has 1 heterocycles. The summed E-state index contributed by atoms with van der Waals surface area (Å²) in [5, 5.41) is 3.24. The van der Waals surface area contributed by atoms with Crippen LogP contribution in [0.2, 0.25) is 0 Å². The molecule has 1 aromatic carbocycles. The molecule has 0 unspecified atom stereocenters. The summed E-state index contributed by atoms with van der Waals surface area (Å²) in [6.45, 7) is 3.28. The number of benzene rings is 1. The van der Waals surface area contributed by atoms with Crippen LogP contribution >= 0.6 is 47.4 Å². The minimum absolute atomic E-state index is 0. The van der Waals surface area contributed by atoms with Gasteiger partial charge in [0.2, 0.25) is 0 Å². The smallest absolute Gasteiger partial charge is 0.314 e. The lowest BCUT2D eigenvalue weighted by molar-refractivity contribution is -0.138. The van der Waals surface area contributed by atoms with Gasteiger partial charge in [0.05, 0.1) is 0 Å². The molecule has 8 heteroatoms. The van der Waals surface area contributed by atoms with Crippen molar-refractivity contribution < 1.29 is 13.2 Å². The zero-order chi connectivity index (χ0) is 14.6. The molecule has 1 aliphatic rings. The Hall–Kier alpha value is 0.240. The Bertz CT molecular complexity index is 440. The molecule has 0 spiro atoms. The predicted molar refractivity (Wildman–Crippen MR) is 96.1 cm³/mol. The molecule has 1 atom stereocenters. The predicted octanol–water partition coefficient (Wildman–Crippen LogP) is 4.42. The summed E-state index contributed by atoms with van der Waals surface area (Å²) in [7, 11) is 0. The zero-order valence-corrected chi connectivity index (χ0v) is 15.7. The van der Waals surface area contributed by atoms with Crippen molar-refractivity contribution in [3.05, 3.63) is 33.4 Å². The first kappa shape index (κ1) is 22.2. The first-order chi connectivity index (χ1) is 9.47. The Morgan fingerprint density at radius 1 is 1.14 bits per heavy atom. The van der Waals surface area contributed by atoms with Gasteiger partial charge in [-0.2, -0.15) is 13.2 Å². The summed E-state index contributed by atoms with van der Waals surface area (Å²) >= 11 is 2.21. The van der Waals surface area contributed by atoms with Gasteiger partial charge in [-0.3, -0.25) is 4.90 Å². The van der Waals surface area contributed by atoms with Gasteiger partial charge in [-0.1, -0.05) is 18.2 Å². The molecule has 1 fully saturated rings. The van der Waals surface area contributed by atoms with E-state index in [0.717, 1.165) is 35.3 Å². The van der Waals surface area contributed by atoms with Crippen LogP contribution in [-0.2, 0) is 0 Å². The van der Waals surface area contributed by atoms with Gasteiger partial charge < -0.3 is 5.32 Å². The maximum absolute atomic E-state index is 12.6. The van der Waals surface area contributed by atoms with Gasteiger partial charge in [0.25, 0.3) is 0 Å². The highest BCUT2D eigenvalue weighted by atomic mass is 127. The normalized spacial score (nSPS) is 17.3. The first-order valence-corrected chi connectivity index (χ1v) is 7.81. The van der Waals surface area contributed by atoms with Crippen molar-refractivity contribution in [1.29, 1.82) is 0 Å². The number of nitrogens with zero attached hydrogens (tertiary/aromatic N) is 1. The molecule has 1 saturated heterocycles. The molecule has 2 nitrogen and oxygen atoms in total. The van der Waals surface area contributed by atoms with Crippen molar-refractivity contribution in [2.75, 3.05) is 26.2 Å². The number of halogens is 6. The van der Waals surface area contributed by atoms with E-state index in [1.165, 1.54) is 0 Å². The summed E-state index contributed by atoms with van der Waals surface area (Å²) in [6, 6.07) is 7.58. The van der Waals surface area contributed by atoms with Gasteiger partial charge in [-0.25, -0.2) is 0 Å². The zero-order valence-electron chi connectivity index (χ0n) is 11.9. The van der Waals surface area contributed by atoms with E-state index in [9.17, 15) is 13.2 Å². The van der Waals surface area contributed by atoms with Crippen molar-refractivity contribution in [2.45, 2.75) is 25.1 Å². The van der Waals surface area contributed by atoms with E-state index in [4.69, 9.17) is 0 Å². The summed E-state index contributed by atoms with van der Waals surface area (Å²) in [5.74, 6) is 0. The maximum Gasteiger partial charge on any atom is 0.389 e. The van der Waals surface area contributed by atoms with Crippen LogP contribution in [0.15, 0.2) is 24.3 Å². The van der Waals surface area contributed by atoms with Gasteiger partial charge in [0, 0.05) is 42.2 Å². The Morgan fingerprint density at radius 2 is 1.73 bits per heavy atom. The van der Waals surface area contributed by atoms with Crippen LogP contribution < -0.4 is 5.32 Å². The van der Waals surface area contributed by atoms with Crippen molar-refractivity contribution in [3.63, 3.8) is 0 Å². The third-order valence-electron chi connectivity index (χ3n) is 3.56. The van der Waals surface area contributed by atoms with Crippen LogP contribution in [0.25, 0.3) is 0 Å². The van der Waals surface area contributed by atoms with Crippen LogP contribution in [0.1, 0.15) is 24.4 Å². The van der Waals surface area contributed by atoms with Crippen molar-refractivity contribution in [2.24, 2.45) is 0 Å². The second-order valence-corrected chi connectivity index (χ2v) is 6.14. The van der Waals surface area contributed by atoms with E-state index >= 15 is 0 Å². The van der Waals surface area contributed by atoms with Gasteiger partial charge in [-0.15, -0.1) is 24.8 Å². The maximum atomic E-state index is 12.6. The fourth-order valence-corrected chi connectivity index (χ4v) is 3.32. The number of hydrogen-bond donors (Lipinski definition) is 1. The highest BCUT2D eigenvalue weighted by molar-refractivity contribution is 14.1. The molecule has 0 amide bonds. The summed E-state index contributed by atoms with van der Waals surface area (Å²) in [4.78, 5) is 2.17. The Balaban J connectivity index is 0.00000220. The van der Waals surface area contributed by atoms with Gasteiger partial charge in [0.1, 0.15) is 0 Å². The Labute approximate surface area is 155 Å². The molecule has 0 radical (unpaired) electrons. The minimum Gasteiger partial charge on any atom is -0.314 e. The molecule has 0 bridgehead atoms. The topological polar surface area (TPSA) is 15.3 Å². The van der Waals surface area contributed by atoms with E-state index in [1.54, 1.807) is 0 Å². The van der Waals surface area contributed by atoms with Crippen molar-refractivity contribution in [1.82, 2.24) is 10.2 Å². The van der Waals surface area contributed by atoms with Crippen molar-refractivity contribution in [3.8, 4) is 0 Å². The molecule has 1 N–H and O–H groups in total. The van der Waals surface area contributed by atoms with E-state index in [0.29, 0.717) is 0 Å². The molecular weight excluding hydrogens is 451 g/mol. The summed E-state index contributed by atoms with van der Waals surface area (Å²) < 4.78 is 38.7. The van der Waals surface area contributed by atoms with Gasteiger partial charge in [-0.05, 0) is 40.6 Å². The van der Waals surface area contributed by atoms with Crippen LogP contribution in [0.4, 0.5) is 13.2 Å². The van der Waals surface area contributed by atoms with Crippen molar-refractivity contribution >= 4 is 47.4 Å². The van der Waals surface area contributed by atoms with Crippen LogP contribution in [0.5, 0.6) is 0 Å². The molecule has 22 heavy (non-hydrogen) atoms. The van der Waals surface area contributed by atoms with E-state index < -0.39 is 12.6 Å². The number of hydrogen-bond acceptors (Lipinski definition) is 2. The SMILES string of the molecule is Cl.Cl.FC(F)(F)CC[C@H](c1ccccc1I)N1CCNCC1. The fourth-order valence-electron chi connectivity index (χ4n) is 2.57. The van der Waals surface area contributed by atoms with E-state index in [1.807, 2.05) is 24.3 Å². The number of nitrogens with one attached hydrogen (secondary N) is 1. The monoisotopic (exact) mass is 470 g/mol. The van der Waals surface area contributed by atoms with E-state index in [2.05, 4.69) is 32.8 Å². The Kier molecular flexibility index (Phi) is 10.3. The molecule has 0 saturated carbocycles. The average Bonchev–Trinajstić information content (AvgIpc) is 2.41. The largest absolute Gasteiger partial charge is 0.389 e. The average molecular weight is 471 g/mol. The van der Waals surface area contributed by atoms with E-state index in [-0.39, 0.29) is 37.3 Å². The number of piperazine rings is 1. The summed E-state index contributed by atoms with van der Waals surface area (Å²) in [6.07, 6.45) is -4.69. The molecule has 128 valence electrons. The summed E-state index contributed by atoms with van der Waals surface area (Å²) in [5.41, 5.74) is 1.01. The third-order valence-corrected chi connectivity index (χ3v) is 4.54. The molecular formula is C14H20Cl2F3IN2. The highest BCUT2D eigenvalue weighted by Gasteiger charge is 2.31. The van der Waals surface area contributed by atoms with Crippen LogP contribution in [0.3, 0.4) is 0 Å². The molecule has 1 aromatic rings. The third kappa shape index (κ3) is 6.78. The molecule has 1 aliphatic heterocycles. The van der Waals surface area contributed by atoms with Crippen LogP contribution in [0, 0.1) is 3.57 Å². The van der Waals surface area contributed by atoms with Crippen LogP contribution in [-0.4, -0.2) is 37.3 Å².